The maximum Gasteiger partial charge on any atom is 0.252 e. The molecule has 4 heterocycles. The first-order valence-corrected chi connectivity index (χ1v) is 12.2. The summed E-state index contributed by atoms with van der Waals surface area (Å²) in [6, 6.07) is 5.47. The molecule has 2 aromatic rings. The van der Waals surface area contributed by atoms with Gasteiger partial charge in [-0.15, -0.1) is 11.3 Å². The van der Waals surface area contributed by atoms with E-state index >= 15 is 0 Å². The quantitative estimate of drug-likeness (QED) is 0.682. The Morgan fingerprint density at radius 2 is 1.52 bits per heavy atom. The predicted molar refractivity (Wildman–Crippen MR) is 111 cm³/mol. The highest BCUT2D eigenvalue weighted by Crippen LogP contribution is 2.29. The molecule has 0 aliphatic carbocycles. The highest BCUT2D eigenvalue weighted by atomic mass is 79.9. The van der Waals surface area contributed by atoms with Crippen LogP contribution in [-0.2, 0) is 10.0 Å². The van der Waals surface area contributed by atoms with Gasteiger partial charge in [0.1, 0.15) is 22.2 Å². The van der Waals surface area contributed by atoms with Crippen molar-refractivity contribution in [1.29, 1.82) is 0 Å². The summed E-state index contributed by atoms with van der Waals surface area (Å²) < 4.78 is 28.3. The molecule has 2 fully saturated rings. The highest BCUT2D eigenvalue weighted by molar-refractivity contribution is 9.11. The fourth-order valence-electron chi connectivity index (χ4n) is 3.53. The molecule has 0 atom stereocenters. The SMILES string of the molecule is O=S(=O)(c1ccc(Br)s1)N1CCN(c2cc(N3CCCCC3)ncn2)CC1. The van der Waals surface area contributed by atoms with Crippen LogP contribution >= 0.6 is 27.3 Å². The maximum absolute atomic E-state index is 12.8. The minimum Gasteiger partial charge on any atom is -0.356 e. The van der Waals surface area contributed by atoms with Crippen LogP contribution in [0.5, 0.6) is 0 Å². The van der Waals surface area contributed by atoms with Crippen molar-refractivity contribution in [1.82, 2.24) is 14.3 Å². The molecule has 7 nitrogen and oxygen atoms in total. The summed E-state index contributed by atoms with van der Waals surface area (Å²) in [5.41, 5.74) is 0. The Bertz CT molecular complexity index is 890. The number of hydrogen-bond donors (Lipinski definition) is 0. The molecule has 0 amide bonds. The molecular formula is C17H22BrN5O2S2. The van der Waals surface area contributed by atoms with Crippen LogP contribution in [0, 0.1) is 0 Å². The van der Waals surface area contributed by atoms with Gasteiger partial charge in [-0.25, -0.2) is 18.4 Å². The highest BCUT2D eigenvalue weighted by Gasteiger charge is 2.30. The van der Waals surface area contributed by atoms with Crippen molar-refractivity contribution in [3.05, 3.63) is 28.3 Å². The topological polar surface area (TPSA) is 69.6 Å². The normalized spacial score (nSPS) is 19.4. The molecule has 0 aromatic carbocycles. The van der Waals surface area contributed by atoms with E-state index in [1.54, 1.807) is 22.8 Å². The summed E-state index contributed by atoms with van der Waals surface area (Å²) in [5.74, 6) is 1.85. The van der Waals surface area contributed by atoms with Crippen LogP contribution in [0.3, 0.4) is 0 Å². The number of piperidine rings is 1. The molecule has 10 heteroatoms. The third-order valence-electron chi connectivity index (χ3n) is 5.02. The molecule has 2 aliphatic heterocycles. The van der Waals surface area contributed by atoms with E-state index in [1.165, 1.54) is 30.6 Å². The summed E-state index contributed by atoms with van der Waals surface area (Å²) in [7, 11) is -3.42. The third-order valence-corrected chi connectivity index (χ3v) is 9.01. The fraction of sp³-hybridized carbons (Fsp3) is 0.529. The van der Waals surface area contributed by atoms with Crippen molar-refractivity contribution in [2.75, 3.05) is 49.1 Å². The lowest BCUT2D eigenvalue weighted by Crippen LogP contribution is -2.48. The van der Waals surface area contributed by atoms with Crippen LogP contribution in [0.25, 0.3) is 0 Å². The number of anilines is 2. The number of sulfonamides is 1. The maximum atomic E-state index is 12.8. The molecule has 2 aromatic heterocycles. The summed E-state index contributed by atoms with van der Waals surface area (Å²) in [6.07, 6.45) is 5.31. The molecule has 0 unspecified atom stereocenters. The van der Waals surface area contributed by atoms with E-state index in [2.05, 4.69) is 35.7 Å². The van der Waals surface area contributed by atoms with Gasteiger partial charge in [0.2, 0.25) is 0 Å². The van der Waals surface area contributed by atoms with Gasteiger partial charge < -0.3 is 9.80 Å². The van der Waals surface area contributed by atoms with Gasteiger partial charge in [-0.1, -0.05) is 0 Å². The van der Waals surface area contributed by atoms with Crippen LogP contribution in [0.15, 0.2) is 32.5 Å². The van der Waals surface area contributed by atoms with E-state index in [9.17, 15) is 8.42 Å². The van der Waals surface area contributed by atoms with E-state index in [-0.39, 0.29) is 0 Å². The monoisotopic (exact) mass is 471 g/mol. The zero-order chi connectivity index (χ0) is 18.9. The predicted octanol–water partition coefficient (Wildman–Crippen LogP) is 2.80. The molecule has 146 valence electrons. The fourth-order valence-corrected chi connectivity index (χ4v) is 7.11. The average Bonchev–Trinajstić information content (AvgIpc) is 3.16. The second kappa shape index (κ2) is 8.02. The minimum atomic E-state index is -3.42. The smallest absolute Gasteiger partial charge is 0.252 e. The van der Waals surface area contributed by atoms with E-state index in [4.69, 9.17) is 0 Å². The minimum absolute atomic E-state index is 0.386. The van der Waals surface area contributed by atoms with Gasteiger partial charge in [-0.2, -0.15) is 4.31 Å². The summed E-state index contributed by atoms with van der Waals surface area (Å²) >= 11 is 4.59. The van der Waals surface area contributed by atoms with Gasteiger partial charge in [-0.05, 0) is 47.3 Å². The Morgan fingerprint density at radius 1 is 0.889 bits per heavy atom. The Morgan fingerprint density at radius 3 is 2.11 bits per heavy atom. The molecule has 4 rings (SSSR count). The van der Waals surface area contributed by atoms with E-state index in [1.807, 2.05) is 6.07 Å². The number of piperazine rings is 1. The molecular weight excluding hydrogens is 450 g/mol. The number of halogens is 1. The first kappa shape index (κ1) is 19.1. The first-order chi connectivity index (χ1) is 13.0. The van der Waals surface area contributed by atoms with Gasteiger partial charge >= 0.3 is 0 Å². The van der Waals surface area contributed by atoms with E-state index in [0.29, 0.717) is 30.4 Å². The second-order valence-corrected chi connectivity index (χ2v) is 11.4. The standard InChI is InChI=1S/C17H22BrN5O2S2/c18-14-4-5-17(26-14)27(24,25)23-10-8-22(9-11-23)16-12-15(19-13-20-16)21-6-2-1-3-7-21/h4-5,12-13H,1-3,6-11H2. The molecule has 0 saturated carbocycles. The van der Waals surface area contributed by atoms with E-state index in [0.717, 1.165) is 28.5 Å². The van der Waals surface area contributed by atoms with Gasteiger partial charge in [-0.3, -0.25) is 0 Å². The molecule has 0 radical (unpaired) electrons. The number of aromatic nitrogens is 2. The first-order valence-electron chi connectivity index (χ1n) is 9.11. The van der Waals surface area contributed by atoms with Crippen molar-refractivity contribution in [3.63, 3.8) is 0 Å². The average molecular weight is 472 g/mol. The Hall–Kier alpha value is -1.23. The number of thiophene rings is 1. The number of hydrogen-bond acceptors (Lipinski definition) is 7. The van der Waals surface area contributed by atoms with Crippen molar-refractivity contribution >= 4 is 48.9 Å². The van der Waals surface area contributed by atoms with Gasteiger partial charge in [0.15, 0.2) is 0 Å². The van der Waals surface area contributed by atoms with Crippen molar-refractivity contribution in [2.24, 2.45) is 0 Å². The van der Waals surface area contributed by atoms with Crippen LogP contribution in [0.4, 0.5) is 11.6 Å². The zero-order valence-electron chi connectivity index (χ0n) is 14.9. The lowest BCUT2D eigenvalue weighted by Gasteiger charge is -2.35. The molecule has 27 heavy (non-hydrogen) atoms. The van der Waals surface area contributed by atoms with Crippen molar-refractivity contribution < 1.29 is 8.42 Å². The Labute approximate surface area is 172 Å². The largest absolute Gasteiger partial charge is 0.356 e. The Kier molecular flexibility index (Phi) is 5.68. The van der Waals surface area contributed by atoms with Crippen LogP contribution in [0.1, 0.15) is 19.3 Å². The van der Waals surface area contributed by atoms with Crippen molar-refractivity contribution in [2.45, 2.75) is 23.5 Å². The van der Waals surface area contributed by atoms with Gasteiger partial charge in [0.25, 0.3) is 10.0 Å². The summed E-state index contributed by atoms with van der Waals surface area (Å²) in [4.78, 5) is 13.3. The molecule has 2 saturated heterocycles. The summed E-state index contributed by atoms with van der Waals surface area (Å²) in [6.45, 7) is 4.25. The lowest BCUT2D eigenvalue weighted by atomic mass is 10.1. The van der Waals surface area contributed by atoms with Crippen molar-refractivity contribution in [3.8, 4) is 0 Å². The van der Waals surface area contributed by atoms with E-state index < -0.39 is 10.0 Å². The van der Waals surface area contributed by atoms with Gasteiger partial charge in [0.05, 0.1) is 3.79 Å². The summed E-state index contributed by atoms with van der Waals surface area (Å²) in [5, 5.41) is 0. The number of nitrogens with zero attached hydrogens (tertiary/aromatic N) is 5. The zero-order valence-corrected chi connectivity index (χ0v) is 18.1. The molecule has 0 N–H and O–H groups in total. The second-order valence-electron chi connectivity index (χ2n) is 6.73. The molecule has 0 bridgehead atoms. The van der Waals surface area contributed by atoms with Crippen LogP contribution in [0.2, 0.25) is 0 Å². The van der Waals surface area contributed by atoms with Crippen LogP contribution < -0.4 is 9.80 Å². The lowest BCUT2D eigenvalue weighted by molar-refractivity contribution is 0.384. The number of rotatable bonds is 4. The molecule has 0 spiro atoms. The third kappa shape index (κ3) is 4.13. The molecule has 2 aliphatic rings. The Balaban J connectivity index is 1.43. The van der Waals surface area contributed by atoms with Gasteiger partial charge in [0, 0.05) is 45.3 Å². The van der Waals surface area contributed by atoms with Crippen LogP contribution in [-0.4, -0.2) is 62.0 Å².